The molecule has 0 saturated heterocycles. The average molecular weight is 269 g/mol. The van der Waals surface area contributed by atoms with Crippen molar-refractivity contribution in [3.63, 3.8) is 0 Å². The number of nitrogens with one attached hydrogen (secondary N) is 2. The van der Waals surface area contributed by atoms with E-state index in [9.17, 15) is 13.2 Å². The van der Waals surface area contributed by atoms with Crippen LogP contribution >= 0.6 is 0 Å². The summed E-state index contributed by atoms with van der Waals surface area (Å²) in [5, 5.41) is 2.66. The summed E-state index contributed by atoms with van der Waals surface area (Å²) >= 11 is 0. The lowest BCUT2D eigenvalue weighted by molar-refractivity contribution is 0.448. The molecular formula is C11H10F3N5. The number of halogens is 3. The maximum absolute atomic E-state index is 13.1. The van der Waals surface area contributed by atoms with Gasteiger partial charge in [-0.1, -0.05) is 0 Å². The summed E-state index contributed by atoms with van der Waals surface area (Å²) in [5.41, 5.74) is 2.93. The van der Waals surface area contributed by atoms with Gasteiger partial charge in [0.1, 0.15) is 18.0 Å². The van der Waals surface area contributed by atoms with Gasteiger partial charge in [-0.3, -0.25) is 0 Å². The summed E-state index contributed by atoms with van der Waals surface area (Å²) in [6, 6.07) is 1.66. The third kappa shape index (κ3) is 2.58. The van der Waals surface area contributed by atoms with Crippen molar-refractivity contribution in [3.8, 4) is 0 Å². The molecule has 1 heterocycles. The van der Waals surface area contributed by atoms with Gasteiger partial charge in [-0.15, -0.1) is 0 Å². The minimum absolute atomic E-state index is 0.0289. The Labute approximate surface area is 106 Å². The molecule has 1 aromatic heterocycles. The van der Waals surface area contributed by atoms with Gasteiger partial charge in [0.05, 0.1) is 0 Å². The third-order valence-corrected chi connectivity index (χ3v) is 2.47. The maximum atomic E-state index is 13.1. The molecule has 8 heteroatoms. The molecule has 0 radical (unpaired) electrons. The molecule has 0 fully saturated rings. The Morgan fingerprint density at radius 2 is 1.63 bits per heavy atom. The zero-order chi connectivity index (χ0) is 14.0. The highest BCUT2D eigenvalue weighted by molar-refractivity contribution is 5.64. The fourth-order valence-electron chi connectivity index (χ4n) is 1.49. The molecule has 0 spiro atoms. The van der Waals surface area contributed by atoms with Crippen LogP contribution in [0.15, 0.2) is 18.5 Å². The zero-order valence-corrected chi connectivity index (χ0v) is 9.84. The van der Waals surface area contributed by atoms with E-state index in [0.29, 0.717) is 17.2 Å². The molecule has 0 aliphatic rings. The predicted octanol–water partition coefficient (Wildman–Crippen LogP) is 2.23. The Kier molecular flexibility index (Phi) is 3.52. The predicted molar refractivity (Wildman–Crippen MR) is 64.2 cm³/mol. The summed E-state index contributed by atoms with van der Waals surface area (Å²) in [4.78, 5) is 7.76. The summed E-state index contributed by atoms with van der Waals surface area (Å²) in [6.45, 7) is 1.66. The van der Waals surface area contributed by atoms with Gasteiger partial charge < -0.3 is 10.7 Å². The number of nitrogen functional groups attached to an aromatic ring is 1. The van der Waals surface area contributed by atoms with Gasteiger partial charge >= 0.3 is 0 Å². The third-order valence-electron chi connectivity index (χ3n) is 2.47. The average Bonchev–Trinajstić information content (AvgIpc) is 2.38. The van der Waals surface area contributed by atoms with Crippen LogP contribution in [0.25, 0.3) is 0 Å². The van der Waals surface area contributed by atoms with E-state index in [1.807, 2.05) is 0 Å². The Bertz CT molecular complexity index is 594. The molecule has 2 rings (SSSR count). The molecule has 1 aromatic carbocycles. The van der Waals surface area contributed by atoms with Crippen molar-refractivity contribution in [2.45, 2.75) is 6.92 Å². The quantitative estimate of drug-likeness (QED) is 0.452. The number of hydrogen-bond acceptors (Lipinski definition) is 5. The summed E-state index contributed by atoms with van der Waals surface area (Å²) < 4.78 is 39.0. The summed E-state index contributed by atoms with van der Waals surface area (Å²) in [6.07, 6.45) is 1.22. The number of rotatable bonds is 3. The van der Waals surface area contributed by atoms with Crippen LogP contribution in [-0.2, 0) is 0 Å². The standard InChI is InChI=1S/C11H10F3N5/c1-5-10(16-4-17-11(5)19-15)18-6-2-7(12)9(14)8(13)3-6/h2-4H,15H2,1H3,(H2,16,17,18,19). The number of benzene rings is 1. The monoisotopic (exact) mass is 269 g/mol. The minimum atomic E-state index is -1.52. The van der Waals surface area contributed by atoms with E-state index in [1.54, 1.807) is 6.92 Å². The normalized spacial score (nSPS) is 10.4. The van der Waals surface area contributed by atoms with E-state index in [2.05, 4.69) is 20.7 Å². The van der Waals surface area contributed by atoms with Crippen molar-refractivity contribution in [2.75, 3.05) is 10.7 Å². The van der Waals surface area contributed by atoms with Crippen molar-refractivity contribution < 1.29 is 13.2 Å². The van der Waals surface area contributed by atoms with Crippen molar-refractivity contribution in [3.05, 3.63) is 41.5 Å². The van der Waals surface area contributed by atoms with Crippen molar-refractivity contribution >= 4 is 17.3 Å². The highest BCUT2D eigenvalue weighted by Gasteiger charge is 2.12. The molecule has 0 aliphatic carbocycles. The molecule has 5 nitrogen and oxygen atoms in total. The van der Waals surface area contributed by atoms with Crippen LogP contribution in [0.3, 0.4) is 0 Å². The number of anilines is 3. The van der Waals surface area contributed by atoms with Gasteiger partial charge in [0.25, 0.3) is 0 Å². The first-order valence-electron chi connectivity index (χ1n) is 5.22. The number of nitrogens with two attached hydrogens (primary N) is 1. The SMILES string of the molecule is Cc1c(NN)ncnc1Nc1cc(F)c(F)c(F)c1. The number of hydrazine groups is 1. The van der Waals surface area contributed by atoms with E-state index in [1.165, 1.54) is 6.33 Å². The molecule has 0 saturated carbocycles. The lowest BCUT2D eigenvalue weighted by Gasteiger charge is -2.11. The van der Waals surface area contributed by atoms with Gasteiger partial charge in [0.2, 0.25) is 0 Å². The smallest absolute Gasteiger partial charge is 0.194 e. The van der Waals surface area contributed by atoms with Crippen LogP contribution in [-0.4, -0.2) is 9.97 Å². The van der Waals surface area contributed by atoms with Crippen LogP contribution in [0, 0.1) is 24.4 Å². The van der Waals surface area contributed by atoms with Crippen LogP contribution in [0.5, 0.6) is 0 Å². The maximum Gasteiger partial charge on any atom is 0.194 e. The van der Waals surface area contributed by atoms with E-state index in [-0.39, 0.29) is 5.69 Å². The fraction of sp³-hybridized carbons (Fsp3) is 0.0909. The molecule has 0 bridgehead atoms. The highest BCUT2D eigenvalue weighted by atomic mass is 19.2. The van der Waals surface area contributed by atoms with Crippen LogP contribution < -0.4 is 16.6 Å². The molecule has 0 aliphatic heterocycles. The second kappa shape index (κ2) is 5.11. The molecule has 0 amide bonds. The van der Waals surface area contributed by atoms with Crippen molar-refractivity contribution in [1.82, 2.24) is 9.97 Å². The largest absolute Gasteiger partial charge is 0.340 e. The first-order chi connectivity index (χ1) is 9.02. The second-order valence-electron chi connectivity index (χ2n) is 3.72. The molecular weight excluding hydrogens is 259 g/mol. The number of nitrogens with zero attached hydrogens (tertiary/aromatic N) is 2. The van der Waals surface area contributed by atoms with Crippen molar-refractivity contribution in [2.24, 2.45) is 5.84 Å². The van der Waals surface area contributed by atoms with Crippen LogP contribution in [0.1, 0.15) is 5.56 Å². The first kappa shape index (κ1) is 13.1. The van der Waals surface area contributed by atoms with Gasteiger partial charge in [-0.2, -0.15) is 0 Å². The lowest BCUT2D eigenvalue weighted by atomic mass is 10.2. The van der Waals surface area contributed by atoms with E-state index < -0.39 is 17.5 Å². The van der Waals surface area contributed by atoms with Gasteiger partial charge in [-0.25, -0.2) is 29.0 Å². The first-order valence-corrected chi connectivity index (χ1v) is 5.22. The molecule has 100 valence electrons. The van der Waals surface area contributed by atoms with E-state index in [0.717, 1.165) is 12.1 Å². The Morgan fingerprint density at radius 3 is 2.21 bits per heavy atom. The van der Waals surface area contributed by atoms with Crippen LogP contribution in [0.2, 0.25) is 0 Å². The van der Waals surface area contributed by atoms with Crippen molar-refractivity contribution in [1.29, 1.82) is 0 Å². The summed E-state index contributed by atoms with van der Waals surface area (Å²) in [5.74, 6) is 1.81. The van der Waals surface area contributed by atoms with Crippen LogP contribution in [0.4, 0.5) is 30.5 Å². The second-order valence-corrected chi connectivity index (χ2v) is 3.72. The lowest BCUT2D eigenvalue weighted by Crippen LogP contribution is -2.11. The zero-order valence-electron chi connectivity index (χ0n) is 9.84. The van der Waals surface area contributed by atoms with Gasteiger partial charge in [0.15, 0.2) is 17.5 Å². The fourth-order valence-corrected chi connectivity index (χ4v) is 1.49. The minimum Gasteiger partial charge on any atom is -0.340 e. The molecule has 19 heavy (non-hydrogen) atoms. The topological polar surface area (TPSA) is 75.9 Å². The Balaban J connectivity index is 2.36. The number of hydrogen-bond donors (Lipinski definition) is 3. The van der Waals surface area contributed by atoms with E-state index in [4.69, 9.17) is 5.84 Å². The molecule has 4 N–H and O–H groups in total. The molecule has 0 atom stereocenters. The van der Waals surface area contributed by atoms with Gasteiger partial charge in [0, 0.05) is 23.4 Å². The summed E-state index contributed by atoms with van der Waals surface area (Å²) in [7, 11) is 0. The Hall–Kier alpha value is -2.35. The Morgan fingerprint density at radius 1 is 1.05 bits per heavy atom. The molecule has 2 aromatic rings. The molecule has 0 unspecified atom stereocenters. The van der Waals surface area contributed by atoms with E-state index >= 15 is 0 Å². The highest BCUT2D eigenvalue weighted by Crippen LogP contribution is 2.24. The van der Waals surface area contributed by atoms with Gasteiger partial charge in [-0.05, 0) is 6.92 Å². The number of aromatic nitrogens is 2.